The third-order valence-electron chi connectivity index (χ3n) is 5.15. The number of nitrogens with one attached hydrogen (secondary N) is 2. The molecule has 2 aromatic carbocycles. The average molecular weight is 402 g/mol. The number of rotatable bonds is 8. The largest absolute Gasteiger partial charge is 0.351 e. The van der Waals surface area contributed by atoms with E-state index in [-0.39, 0.29) is 10.8 Å². The van der Waals surface area contributed by atoms with Crippen molar-refractivity contribution in [2.24, 2.45) is 0 Å². The number of carbonyl (C=O) groups excluding carboxylic acids is 1. The van der Waals surface area contributed by atoms with Crippen LogP contribution in [0, 0.1) is 0 Å². The van der Waals surface area contributed by atoms with Crippen molar-refractivity contribution in [3.63, 3.8) is 0 Å². The summed E-state index contributed by atoms with van der Waals surface area (Å²) in [6, 6.07) is 15.3. The van der Waals surface area contributed by atoms with Gasteiger partial charge in [-0.3, -0.25) is 9.52 Å². The second-order valence-electron chi connectivity index (χ2n) is 7.17. The molecule has 7 heteroatoms. The summed E-state index contributed by atoms with van der Waals surface area (Å²) in [5.74, 6) is -0.195. The zero-order valence-electron chi connectivity index (χ0n) is 16.1. The molecule has 6 nitrogen and oxygen atoms in total. The summed E-state index contributed by atoms with van der Waals surface area (Å²) in [4.78, 5) is 14.7. The molecular formula is C21H27N3O3S. The Morgan fingerprint density at radius 3 is 2.32 bits per heavy atom. The number of sulfonamides is 1. The van der Waals surface area contributed by atoms with Crippen LogP contribution in [0.15, 0.2) is 59.5 Å². The Hall–Kier alpha value is -2.38. The highest BCUT2D eigenvalue weighted by Gasteiger charge is 2.19. The summed E-state index contributed by atoms with van der Waals surface area (Å²) in [7, 11) is -1.58. The molecule has 0 aromatic heterocycles. The lowest BCUT2D eigenvalue weighted by Crippen LogP contribution is -2.37. The van der Waals surface area contributed by atoms with Gasteiger partial charge in [0.2, 0.25) is 0 Å². The van der Waals surface area contributed by atoms with Crippen molar-refractivity contribution < 1.29 is 13.2 Å². The standard InChI is InChI=1S/C21H27N3O3S/c1-24(19-9-5-6-10-19)16-15-22-21(25)17-11-13-20(14-12-17)28(26,27)23-18-7-3-2-4-8-18/h2-4,7-8,11-14,19,23H,5-6,9-10,15-16H2,1H3,(H,22,25). The fourth-order valence-corrected chi connectivity index (χ4v) is 4.54. The van der Waals surface area contributed by atoms with E-state index >= 15 is 0 Å². The molecule has 2 aromatic rings. The van der Waals surface area contributed by atoms with Crippen LogP contribution < -0.4 is 10.0 Å². The fraction of sp³-hybridized carbons (Fsp3) is 0.381. The van der Waals surface area contributed by atoms with Crippen LogP contribution in [0.4, 0.5) is 5.69 Å². The first-order valence-corrected chi connectivity index (χ1v) is 11.1. The van der Waals surface area contributed by atoms with E-state index in [2.05, 4.69) is 22.0 Å². The lowest BCUT2D eigenvalue weighted by molar-refractivity contribution is 0.0947. The monoisotopic (exact) mass is 401 g/mol. The Kier molecular flexibility index (Phi) is 6.70. The quantitative estimate of drug-likeness (QED) is 0.712. The molecule has 1 aliphatic carbocycles. The molecule has 0 heterocycles. The topological polar surface area (TPSA) is 78.5 Å². The highest BCUT2D eigenvalue weighted by molar-refractivity contribution is 7.92. The summed E-state index contributed by atoms with van der Waals surface area (Å²) < 4.78 is 27.4. The maximum atomic E-state index is 12.4. The number of hydrogen-bond donors (Lipinski definition) is 2. The van der Waals surface area contributed by atoms with Crippen molar-refractivity contribution in [1.29, 1.82) is 0 Å². The van der Waals surface area contributed by atoms with Gasteiger partial charge in [0.05, 0.1) is 4.90 Å². The number of nitrogens with zero attached hydrogens (tertiary/aromatic N) is 1. The van der Waals surface area contributed by atoms with Crippen LogP contribution >= 0.6 is 0 Å². The van der Waals surface area contributed by atoms with Gasteiger partial charge in [0.15, 0.2) is 0 Å². The van der Waals surface area contributed by atoms with Gasteiger partial charge in [-0.05, 0) is 56.3 Å². The maximum absolute atomic E-state index is 12.4. The highest BCUT2D eigenvalue weighted by atomic mass is 32.2. The van der Waals surface area contributed by atoms with Gasteiger partial charge >= 0.3 is 0 Å². The van der Waals surface area contributed by atoms with Crippen LogP contribution in [-0.2, 0) is 10.0 Å². The van der Waals surface area contributed by atoms with Gasteiger partial charge in [0.1, 0.15) is 0 Å². The summed E-state index contributed by atoms with van der Waals surface area (Å²) in [5.41, 5.74) is 0.942. The minimum absolute atomic E-state index is 0.119. The molecule has 0 spiro atoms. The number of para-hydroxylation sites is 1. The molecule has 0 radical (unpaired) electrons. The Morgan fingerprint density at radius 1 is 1.04 bits per heavy atom. The first-order valence-electron chi connectivity index (χ1n) is 9.62. The van der Waals surface area contributed by atoms with Gasteiger partial charge in [-0.15, -0.1) is 0 Å². The Morgan fingerprint density at radius 2 is 1.68 bits per heavy atom. The van der Waals surface area contributed by atoms with Gasteiger partial charge in [0.25, 0.3) is 15.9 Å². The molecule has 0 atom stereocenters. The van der Waals surface area contributed by atoms with E-state index in [9.17, 15) is 13.2 Å². The molecule has 3 rings (SSSR count). The first-order chi connectivity index (χ1) is 13.5. The molecule has 1 aliphatic rings. The van der Waals surface area contributed by atoms with Crippen molar-refractivity contribution in [3.8, 4) is 0 Å². The molecule has 0 saturated heterocycles. The van der Waals surface area contributed by atoms with Crippen molar-refractivity contribution in [3.05, 3.63) is 60.2 Å². The Labute approximate surface area is 167 Å². The normalized spacial score (nSPS) is 14.9. The Bertz CT molecular complexity index is 877. The lowest BCUT2D eigenvalue weighted by atomic mass is 10.2. The zero-order valence-corrected chi connectivity index (χ0v) is 16.9. The molecule has 1 saturated carbocycles. The van der Waals surface area contributed by atoms with Crippen LogP contribution in [0.25, 0.3) is 0 Å². The maximum Gasteiger partial charge on any atom is 0.261 e. The summed E-state index contributed by atoms with van der Waals surface area (Å²) in [6.45, 7) is 1.38. The van der Waals surface area contributed by atoms with E-state index in [0.29, 0.717) is 23.8 Å². The minimum atomic E-state index is -3.68. The minimum Gasteiger partial charge on any atom is -0.351 e. The van der Waals surface area contributed by atoms with Crippen LogP contribution in [-0.4, -0.2) is 45.4 Å². The number of carbonyl (C=O) groups is 1. The number of hydrogen-bond acceptors (Lipinski definition) is 4. The van der Waals surface area contributed by atoms with E-state index in [1.807, 2.05) is 6.07 Å². The smallest absolute Gasteiger partial charge is 0.261 e. The molecule has 2 N–H and O–H groups in total. The van der Waals surface area contributed by atoms with E-state index < -0.39 is 10.0 Å². The predicted octanol–water partition coefficient (Wildman–Crippen LogP) is 3.09. The molecule has 0 unspecified atom stereocenters. The van der Waals surface area contributed by atoms with E-state index in [1.165, 1.54) is 49.9 Å². The third-order valence-corrected chi connectivity index (χ3v) is 6.55. The molecule has 150 valence electrons. The molecule has 0 aliphatic heterocycles. The van der Waals surface area contributed by atoms with Gasteiger partial charge in [0, 0.05) is 30.4 Å². The van der Waals surface area contributed by atoms with Crippen molar-refractivity contribution >= 4 is 21.6 Å². The fourth-order valence-electron chi connectivity index (χ4n) is 3.48. The van der Waals surface area contributed by atoms with Gasteiger partial charge in [-0.2, -0.15) is 0 Å². The van der Waals surface area contributed by atoms with Crippen LogP contribution in [0.2, 0.25) is 0 Å². The summed E-state index contributed by atoms with van der Waals surface area (Å²) in [6.07, 6.45) is 5.04. The molecule has 1 fully saturated rings. The molecule has 0 bridgehead atoms. The highest BCUT2D eigenvalue weighted by Crippen LogP contribution is 2.22. The van der Waals surface area contributed by atoms with Crippen LogP contribution in [0.1, 0.15) is 36.0 Å². The summed E-state index contributed by atoms with van der Waals surface area (Å²) >= 11 is 0. The van der Waals surface area contributed by atoms with Gasteiger partial charge < -0.3 is 10.2 Å². The summed E-state index contributed by atoms with van der Waals surface area (Å²) in [5, 5.41) is 2.91. The number of likely N-dealkylation sites (N-methyl/N-ethyl adjacent to an activating group) is 1. The SMILES string of the molecule is CN(CCNC(=O)c1ccc(S(=O)(=O)Nc2ccccc2)cc1)C1CCCC1. The third kappa shape index (κ3) is 5.33. The zero-order chi connectivity index (χ0) is 20.0. The van der Waals surface area contributed by atoms with E-state index in [1.54, 1.807) is 24.3 Å². The molecule has 1 amide bonds. The van der Waals surface area contributed by atoms with E-state index in [4.69, 9.17) is 0 Å². The van der Waals surface area contributed by atoms with Crippen molar-refractivity contribution in [1.82, 2.24) is 10.2 Å². The lowest BCUT2D eigenvalue weighted by Gasteiger charge is -2.23. The van der Waals surface area contributed by atoms with E-state index in [0.717, 1.165) is 6.54 Å². The second-order valence-corrected chi connectivity index (χ2v) is 8.85. The Balaban J connectivity index is 1.53. The van der Waals surface area contributed by atoms with Gasteiger partial charge in [-0.1, -0.05) is 31.0 Å². The molecule has 28 heavy (non-hydrogen) atoms. The van der Waals surface area contributed by atoms with Crippen LogP contribution in [0.5, 0.6) is 0 Å². The molecular weight excluding hydrogens is 374 g/mol. The van der Waals surface area contributed by atoms with Gasteiger partial charge in [-0.25, -0.2) is 8.42 Å². The number of benzene rings is 2. The number of amides is 1. The number of anilines is 1. The average Bonchev–Trinajstić information content (AvgIpc) is 3.23. The van der Waals surface area contributed by atoms with Crippen LogP contribution in [0.3, 0.4) is 0 Å². The first kappa shape index (κ1) is 20.4. The second kappa shape index (κ2) is 9.21. The predicted molar refractivity (Wildman–Crippen MR) is 111 cm³/mol. The van der Waals surface area contributed by atoms with Crippen molar-refractivity contribution in [2.75, 3.05) is 24.9 Å². The van der Waals surface area contributed by atoms with Crippen molar-refractivity contribution in [2.45, 2.75) is 36.6 Å².